The van der Waals surface area contributed by atoms with Crippen LogP contribution in [0.3, 0.4) is 0 Å². The standard InChI is InChI=1S/C15H25N3/c1-11-8-14(13(9-16)12(2)17-11)18-7-5-6-15(3,4)10-18/h8H,5-7,9-10,16H2,1-4H3. The number of aromatic nitrogens is 1. The van der Waals surface area contributed by atoms with Gasteiger partial charge < -0.3 is 10.6 Å². The van der Waals surface area contributed by atoms with Crippen molar-refractivity contribution in [2.75, 3.05) is 18.0 Å². The molecule has 3 heteroatoms. The van der Waals surface area contributed by atoms with Gasteiger partial charge in [0.05, 0.1) is 0 Å². The van der Waals surface area contributed by atoms with E-state index < -0.39 is 0 Å². The molecule has 0 bridgehead atoms. The summed E-state index contributed by atoms with van der Waals surface area (Å²) >= 11 is 0. The summed E-state index contributed by atoms with van der Waals surface area (Å²) in [6, 6.07) is 2.19. The Morgan fingerprint density at radius 3 is 2.72 bits per heavy atom. The molecule has 1 saturated heterocycles. The Balaban J connectivity index is 2.37. The lowest BCUT2D eigenvalue weighted by molar-refractivity contribution is 0.293. The highest BCUT2D eigenvalue weighted by atomic mass is 15.1. The fourth-order valence-corrected chi connectivity index (χ4v) is 3.00. The summed E-state index contributed by atoms with van der Waals surface area (Å²) in [5.74, 6) is 0. The van der Waals surface area contributed by atoms with Crippen molar-refractivity contribution in [3.63, 3.8) is 0 Å². The zero-order chi connectivity index (χ0) is 13.3. The van der Waals surface area contributed by atoms with Gasteiger partial charge in [-0.3, -0.25) is 4.98 Å². The molecule has 2 N–H and O–H groups in total. The number of pyridine rings is 1. The zero-order valence-electron chi connectivity index (χ0n) is 12.1. The summed E-state index contributed by atoms with van der Waals surface area (Å²) in [6.45, 7) is 11.7. The quantitative estimate of drug-likeness (QED) is 0.874. The number of hydrogen-bond acceptors (Lipinski definition) is 3. The summed E-state index contributed by atoms with van der Waals surface area (Å²) < 4.78 is 0. The van der Waals surface area contributed by atoms with Crippen molar-refractivity contribution in [2.24, 2.45) is 11.1 Å². The number of piperidine rings is 1. The normalized spacial score (nSPS) is 19.1. The Labute approximate surface area is 110 Å². The number of nitrogens with two attached hydrogens (primary N) is 1. The molecule has 0 spiro atoms. The first-order chi connectivity index (χ1) is 8.43. The summed E-state index contributed by atoms with van der Waals surface area (Å²) in [5.41, 5.74) is 11.0. The van der Waals surface area contributed by atoms with E-state index in [0.29, 0.717) is 12.0 Å². The molecular weight excluding hydrogens is 222 g/mol. The van der Waals surface area contributed by atoms with E-state index in [9.17, 15) is 0 Å². The van der Waals surface area contributed by atoms with E-state index in [2.05, 4.69) is 43.6 Å². The second-order valence-corrected chi connectivity index (χ2v) is 6.24. The predicted molar refractivity (Wildman–Crippen MR) is 76.8 cm³/mol. The zero-order valence-corrected chi connectivity index (χ0v) is 12.1. The fourth-order valence-electron chi connectivity index (χ4n) is 3.00. The maximum atomic E-state index is 5.91. The molecule has 2 rings (SSSR count). The molecule has 1 aliphatic heterocycles. The predicted octanol–water partition coefficient (Wildman–Crippen LogP) is 2.78. The Morgan fingerprint density at radius 1 is 1.39 bits per heavy atom. The van der Waals surface area contributed by atoms with Crippen molar-refractivity contribution in [3.8, 4) is 0 Å². The van der Waals surface area contributed by atoms with E-state index in [0.717, 1.165) is 24.5 Å². The van der Waals surface area contributed by atoms with Crippen LogP contribution in [0, 0.1) is 19.3 Å². The van der Waals surface area contributed by atoms with Gasteiger partial charge in [-0.05, 0) is 38.2 Å². The lowest BCUT2D eigenvalue weighted by Crippen LogP contribution is -2.40. The van der Waals surface area contributed by atoms with Crippen LogP contribution in [0.4, 0.5) is 5.69 Å². The first kappa shape index (κ1) is 13.3. The maximum absolute atomic E-state index is 5.91. The van der Waals surface area contributed by atoms with Crippen LogP contribution >= 0.6 is 0 Å². The van der Waals surface area contributed by atoms with Gasteiger partial charge in [-0.1, -0.05) is 13.8 Å². The van der Waals surface area contributed by atoms with Crippen molar-refractivity contribution < 1.29 is 0 Å². The minimum atomic E-state index is 0.398. The van der Waals surface area contributed by atoms with E-state index >= 15 is 0 Å². The van der Waals surface area contributed by atoms with Crippen LogP contribution in [-0.4, -0.2) is 18.1 Å². The van der Waals surface area contributed by atoms with Crippen molar-refractivity contribution in [2.45, 2.75) is 47.1 Å². The van der Waals surface area contributed by atoms with Crippen LogP contribution in [0.2, 0.25) is 0 Å². The molecular formula is C15H25N3. The van der Waals surface area contributed by atoms with Crippen molar-refractivity contribution >= 4 is 5.69 Å². The number of anilines is 1. The SMILES string of the molecule is Cc1cc(N2CCCC(C)(C)C2)c(CN)c(C)n1. The van der Waals surface area contributed by atoms with E-state index in [-0.39, 0.29) is 0 Å². The van der Waals surface area contributed by atoms with E-state index in [1.807, 2.05) is 0 Å². The van der Waals surface area contributed by atoms with E-state index in [4.69, 9.17) is 5.73 Å². The molecule has 0 aromatic carbocycles. The third-order valence-electron chi connectivity index (χ3n) is 3.88. The highest BCUT2D eigenvalue weighted by molar-refractivity contribution is 5.56. The smallest absolute Gasteiger partial charge is 0.0448 e. The molecule has 18 heavy (non-hydrogen) atoms. The second kappa shape index (κ2) is 4.88. The minimum Gasteiger partial charge on any atom is -0.371 e. The fraction of sp³-hybridized carbons (Fsp3) is 0.667. The van der Waals surface area contributed by atoms with Crippen LogP contribution in [0.15, 0.2) is 6.07 Å². The topological polar surface area (TPSA) is 42.1 Å². The van der Waals surface area contributed by atoms with Gasteiger partial charge in [0.2, 0.25) is 0 Å². The van der Waals surface area contributed by atoms with Gasteiger partial charge in [0.25, 0.3) is 0 Å². The highest BCUT2D eigenvalue weighted by Crippen LogP contribution is 2.33. The molecule has 0 unspecified atom stereocenters. The number of rotatable bonds is 2. The van der Waals surface area contributed by atoms with E-state index in [1.54, 1.807) is 0 Å². The van der Waals surface area contributed by atoms with Crippen LogP contribution in [-0.2, 0) is 6.54 Å². The highest BCUT2D eigenvalue weighted by Gasteiger charge is 2.27. The summed E-state index contributed by atoms with van der Waals surface area (Å²) in [5, 5.41) is 0. The first-order valence-electron chi connectivity index (χ1n) is 6.85. The first-order valence-corrected chi connectivity index (χ1v) is 6.85. The molecule has 0 radical (unpaired) electrons. The summed E-state index contributed by atoms with van der Waals surface area (Å²) in [6.07, 6.45) is 2.57. The Hall–Kier alpha value is -1.09. The summed E-state index contributed by atoms with van der Waals surface area (Å²) in [7, 11) is 0. The van der Waals surface area contributed by atoms with E-state index in [1.165, 1.54) is 24.1 Å². The van der Waals surface area contributed by atoms with Crippen molar-refractivity contribution in [1.82, 2.24) is 4.98 Å². The van der Waals surface area contributed by atoms with Crippen LogP contribution in [0.1, 0.15) is 43.6 Å². The number of hydrogen-bond donors (Lipinski definition) is 1. The van der Waals surface area contributed by atoms with Crippen LogP contribution < -0.4 is 10.6 Å². The average molecular weight is 247 g/mol. The molecule has 1 aromatic rings. The average Bonchev–Trinajstić information content (AvgIpc) is 2.26. The van der Waals surface area contributed by atoms with Crippen molar-refractivity contribution in [3.05, 3.63) is 23.0 Å². The van der Waals surface area contributed by atoms with Gasteiger partial charge in [-0.15, -0.1) is 0 Å². The summed E-state index contributed by atoms with van der Waals surface area (Å²) in [4.78, 5) is 7.02. The van der Waals surface area contributed by atoms with Gasteiger partial charge >= 0.3 is 0 Å². The van der Waals surface area contributed by atoms with Crippen LogP contribution in [0.25, 0.3) is 0 Å². The lowest BCUT2D eigenvalue weighted by atomic mass is 9.84. The largest absolute Gasteiger partial charge is 0.371 e. The number of aryl methyl sites for hydroxylation is 2. The van der Waals surface area contributed by atoms with Crippen LogP contribution in [0.5, 0.6) is 0 Å². The monoisotopic (exact) mass is 247 g/mol. The Bertz CT molecular complexity index is 438. The number of nitrogens with zero attached hydrogens (tertiary/aromatic N) is 2. The molecule has 3 nitrogen and oxygen atoms in total. The minimum absolute atomic E-state index is 0.398. The molecule has 100 valence electrons. The molecule has 1 aromatic heterocycles. The molecule has 0 saturated carbocycles. The third kappa shape index (κ3) is 2.66. The molecule has 0 amide bonds. The Morgan fingerprint density at radius 2 is 2.11 bits per heavy atom. The van der Waals surface area contributed by atoms with Crippen molar-refractivity contribution in [1.29, 1.82) is 0 Å². The second-order valence-electron chi connectivity index (χ2n) is 6.24. The van der Waals surface area contributed by atoms with Gasteiger partial charge in [0, 0.05) is 42.3 Å². The molecule has 2 heterocycles. The van der Waals surface area contributed by atoms with Gasteiger partial charge in [-0.25, -0.2) is 0 Å². The van der Waals surface area contributed by atoms with Gasteiger partial charge in [0.15, 0.2) is 0 Å². The molecule has 1 aliphatic rings. The third-order valence-corrected chi connectivity index (χ3v) is 3.88. The lowest BCUT2D eigenvalue weighted by Gasteiger charge is -2.40. The van der Waals surface area contributed by atoms with Gasteiger partial charge in [0.1, 0.15) is 0 Å². The van der Waals surface area contributed by atoms with Gasteiger partial charge in [-0.2, -0.15) is 0 Å². The maximum Gasteiger partial charge on any atom is 0.0448 e. The molecule has 1 fully saturated rings. The molecule has 0 atom stereocenters. The molecule has 0 aliphatic carbocycles. The Kier molecular flexibility index (Phi) is 3.62.